The third kappa shape index (κ3) is 6.25. The molecule has 1 aromatic carbocycles. The van der Waals surface area contributed by atoms with Crippen molar-refractivity contribution in [1.82, 2.24) is 10.6 Å². The van der Waals surface area contributed by atoms with Gasteiger partial charge in [0.2, 0.25) is 0 Å². The molecular formula is C17H26N2O3S. The summed E-state index contributed by atoms with van der Waals surface area (Å²) in [6, 6.07) is 8.78. The van der Waals surface area contributed by atoms with E-state index >= 15 is 0 Å². The molecular weight excluding hydrogens is 312 g/mol. The third-order valence-electron chi connectivity index (χ3n) is 3.41. The number of carbonyl (C=O) groups excluding carboxylic acids is 1. The molecule has 1 amide bonds. The molecule has 1 rings (SSSR count). The minimum Gasteiger partial charge on any atom is -0.373 e. The second-order valence-corrected chi connectivity index (χ2v) is 6.72. The number of benzene rings is 1. The summed E-state index contributed by atoms with van der Waals surface area (Å²) < 4.78 is 10.3. The zero-order chi connectivity index (χ0) is 17.5. The Hall–Kier alpha value is -1.50. The molecule has 0 heterocycles. The van der Waals surface area contributed by atoms with Crippen LogP contribution in [0.4, 0.5) is 0 Å². The predicted octanol–water partition coefficient (Wildman–Crippen LogP) is 2.37. The molecule has 23 heavy (non-hydrogen) atoms. The second kappa shape index (κ2) is 8.96. The van der Waals surface area contributed by atoms with E-state index in [9.17, 15) is 4.79 Å². The van der Waals surface area contributed by atoms with Gasteiger partial charge in [-0.05, 0) is 17.5 Å². The zero-order valence-electron chi connectivity index (χ0n) is 14.4. The van der Waals surface area contributed by atoms with E-state index in [1.807, 2.05) is 39.0 Å². The highest BCUT2D eigenvalue weighted by molar-refractivity contribution is 7.80. The standard InChI is InChI=1S/C17H26N2O3S/c1-17(2,3)14(16(23)18-11-13(21-4)22-5)19-15(20)12-9-7-6-8-10-12/h6-10,13-14H,11H2,1-5H3,(H,18,23)(H,19,20). The summed E-state index contributed by atoms with van der Waals surface area (Å²) in [6.07, 6.45) is -0.390. The number of methoxy groups -OCH3 is 2. The fourth-order valence-electron chi connectivity index (χ4n) is 2.03. The van der Waals surface area contributed by atoms with Crippen molar-refractivity contribution in [2.75, 3.05) is 20.8 Å². The van der Waals surface area contributed by atoms with Gasteiger partial charge in [-0.3, -0.25) is 4.79 Å². The van der Waals surface area contributed by atoms with Crippen molar-refractivity contribution in [2.45, 2.75) is 33.1 Å². The third-order valence-corrected chi connectivity index (χ3v) is 3.79. The Bertz CT molecular complexity index is 510. The van der Waals surface area contributed by atoms with Gasteiger partial charge in [-0.1, -0.05) is 51.2 Å². The van der Waals surface area contributed by atoms with Crippen molar-refractivity contribution in [3.8, 4) is 0 Å². The molecule has 1 atom stereocenters. The second-order valence-electron chi connectivity index (χ2n) is 6.28. The number of hydrogen-bond acceptors (Lipinski definition) is 4. The molecule has 2 N–H and O–H groups in total. The van der Waals surface area contributed by atoms with Gasteiger partial charge in [0.25, 0.3) is 5.91 Å². The summed E-state index contributed by atoms with van der Waals surface area (Å²) in [5, 5.41) is 6.12. The van der Waals surface area contributed by atoms with Gasteiger partial charge in [0, 0.05) is 19.8 Å². The van der Waals surface area contributed by atoms with Crippen molar-refractivity contribution in [3.63, 3.8) is 0 Å². The van der Waals surface area contributed by atoms with Crippen molar-refractivity contribution in [1.29, 1.82) is 0 Å². The smallest absolute Gasteiger partial charge is 0.251 e. The Labute approximate surface area is 143 Å². The Kier molecular flexibility index (Phi) is 7.61. The lowest BCUT2D eigenvalue weighted by molar-refractivity contribution is -0.0965. The molecule has 0 saturated carbocycles. The normalized spacial score (nSPS) is 12.8. The van der Waals surface area contributed by atoms with Gasteiger partial charge in [-0.2, -0.15) is 0 Å². The van der Waals surface area contributed by atoms with Crippen molar-refractivity contribution in [3.05, 3.63) is 35.9 Å². The first-order valence-electron chi connectivity index (χ1n) is 7.48. The number of thiocarbonyl (C=S) groups is 1. The summed E-state index contributed by atoms with van der Waals surface area (Å²) in [5.41, 5.74) is 0.376. The molecule has 0 aliphatic rings. The van der Waals surface area contributed by atoms with Gasteiger partial charge in [-0.25, -0.2) is 0 Å². The minimum atomic E-state index is -0.390. The Balaban J connectivity index is 2.77. The first-order chi connectivity index (χ1) is 10.8. The van der Waals surface area contributed by atoms with Crippen molar-refractivity contribution >= 4 is 23.1 Å². The van der Waals surface area contributed by atoms with E-state index in [1.54, 1.807) is 26.4 Å². The molecule has 0 bridgehead atoms. The molecule has 0 saturated heterocycles. The molecule has 0 fully saturated rings. The largest absolute Gasteiger partial charge is 0.373 e. The number of amides is 1. The highest BCUT2D eigenvalue weighted by Gasteiger charge is 2.30. The summed E-state index contributed by atoms with van der Waals surface area (Å²) in [5.74, 6) is -0.148. The van der Waals surface area contributed by atoms with Gasteiger partial charge < -0.3 is 20.1 Å². The summed E-state index contributed by atoms with van der Waals surface area (Å²) in [4.78, 5) is 13.0. The average Bonchev–Trinajstić information content (AvgIpc) is 2.52. The number of nitrogens with one attached hydrogen (secondary N) is 2. The lowest BCUT2D eigenvalue weighted by Gasteiger charge is -2.33. The monoisotopic (exact) mass is 338 g/mol. The average molecular weight is 338 g/mol. The summed E-state index contributed by atoms with van der Waals surface area (Å²) in [6.45, 7) is 6.50. The quantitative estimate of drug-likeness (QED) is 0.590. The van der Waals surface area contributed by atoms with Gasteiger partial charge >= 0.3 is 0 Å². The van der Waals surface area contributed by atoms with Crippen LogP contribution in [0, 0.1) is 5.41 Å². The SMILES string of the molecule is COC(CNC(=S)C(NC(=O)c1ccccc1)C(C)(C)C)OC. The minimum absolute atomic E-state index is 0.148. The lowest BCUT2D eigenvalue weighted by atomic mass is 9.86. The molecule has 0 spiro atoms. The number of hydrogen-bond donors (Lipinski definition) is 2. The summed E-state index contributed by atoms with van der Waals surface area (Å²) in [7, 11) is 3.13. The van der Waals surface area contributed by atoms with Gasteiger partial charge in [0.1, 0.15) is 0 Å². The molecule has 0 aromatic heterocycles. The molecule has 0 aliphatic carbocycles. The van der Waals surface area contributed by atoms with Gasteiger partial charge in [-0.15, -0.1) is 0 Å². The fourth-order valence-corrected chi connectivity index (χ4v) is 2.52. The van der Waals surface area contributed by atoms with E-state index < -0.39 is 6.29 Å². The maximum absolute atomic E-state index is 12.4. The van der Waals surface area contributed by atoms with Crippen LogP contribution in [0.1, 0.15) is 31.1 Å². The number of carbonyl (C=O) groups is 1. The van der Waals surface area contributed by atoms with Crippen LogP contribution >= 0.6 is 12.2 Å². The van der Waals surface area contributed by atoms with Crippen molar-refractivity contribution < 1.29 is 14.3 Å². The van der Waals surface area contributed by atoms with Crippen LogP contribution in [-0.4, -0.2) is 44.0 Å². The highest BCUT2D eigenvalue weighted by atomic mass is 32.1. The van der Waals surface area contributed by atoms with E-state index in [-0.39, 0.29) is 17.4 Å². The topological polar surface area (TPSA) is 59.6 Å². The molecule has 128 valence electrons. The lowest BCUT2D eigenvalue weighted by Crippen LogP contribution is -2.53. The van der Waals surface area contributed by atoms with Crippen LogP contribution in [0.5, 0.6) is 0 Å². The number of ether oxygens (including phenoxy) is 2. The maximum Gasteiger partial charge on any atom is 0.251 e. The molecule has 1 aromatic rings. The van der Waals surface area contributed by atoms with Crippen LogP contribution in [0.2, 0.25) is 0 Å². The van der Waals surface area contributed by atoms with Crippen LogP contribution < -0.4 is 10.6 Å². The van der Waals surface area contributed by atoms with Gasteiger partial charge in [0.15, 0.2) is 6.29 Å². The van der Waals surface area contributed by atoms with Crippen LogP contribution in [0.15, 0.2) is 30.3 Å². The Morgan fingerprint density at radius 2 is 1.74 bits per heavy atom. The maximum atomic E-state index is 12.4. The fraction of sp³-hybridized carbons (Fsp3) is 0.529. The van der Waals surface area contributed by atoms with Crippen LogP contribution in [0.25, 0.3) is 0 Å². The number of rotatable bonds is 7. The van der Waals surface area contributed by atoms with E-state index in [0.717, 1.165) is 0 Å². The summed E-state index contributed by atoms with van der Waals surface area (Å²) >= 11 is 5.47. The van der Waals surface area contributed by atoms with Crippen LogP contribution in [-0.2, 0) is 9.47 Å². The Morgan fingerprint density at radius 1 is 1.17 bits per heavy atom. The predicted molar refractivity (Wildman–Crippen MR) is 95.6 cm³/mol. The van der Waals surface area contributed by atoms with Gasteiger partial charge in [0.05, 0.1) is 17.6 Å². The van der Waals surface area contributed by atoms with E-state index in [2.05, 4.69) is 10.6 Å². The van der Waals surface area contributed by atoms with E-state index in [0.29, 0.717) is 17.1 Å². The molecule has 0 radical (unpaired) electrons. The molecule has 5 nitrogen and oxygen atoms in total. The molecule has 6 heteroatoms. The first-order valence-corrected chi connectivity index (χ1v) is 7.89. The van der Waals surface area contributed by atoms with E-state index in [1.165, 1.54) is 0 Å². The van der Waals surface area contributed by atoms with Crippen LogP contribution in [0.3, 0.4) is 0 Å². The van der Waals surface area contributed by atoms with E-state index in [4.69, 9.17) is 21.7 Å². The first kappa shape index (κ1) is 19.5. The Morgan fingerprint density at radius 3 is 2.22 bits per heavy atom. The zero-order valence-corrected chi connectivity index (χ0v) is 15.2. The molecule has 0 aliphatic heterocycles. The molecule has 1 unspecified atom stereocenters. The highest BCUT2D eigenvalue weighted by Crippen LogP contribution is 2.20. The van der Waals surface area contributed by atoms with Crippen molar-refractivity contribution in [2.24, 2.45) is 5.41 Å².